The molecule has 2 rings (SSSR count). The largest absolute Gasteiger partial charge is 0.493 e. The van der Waals surface area contributed by atoms with Crippen LogP contribution >= 0.6 is 15.9 Å². The van der Waals surface area contributed by atoms with Crippen molar-refractivity contribution in [2.24, 2.45) is 0 Å². The van der Waals surface area contributed by atoms with Gasteiger partial charge in [-0.3, -0.25) is 0 Å². The van der Waals surface area contributed by atoms with E-state index in [1.807, 2.05) is 30.3 Å². The number of hydrogen-bond donors (Lipinski definition) is 0. The predicted molar refractivity (Wildman–Crippen MR) is 83.0 cm³/mol. The summed E-state index contributed by atoms with van der Waals surface area (Å²) in [6.07, 6.45) is 0. The molecule has 0 fully saturated rings. The Morgan fingerprint density at radius 2 is 1.67 bits per heavy atom. The molecule has 0 N–H and O–H groups in total. The average molecular weight is 355 g/mol. The van der Waals surface area contributed by atoms with E-state index in [0.717, 1.165) is 5.56 Å². The van der Waals surface area contributed by atoms with Crippen molar-refractivity contribution in [3.63, 3.8) is 0 Å². The van der Waals surface area contributed by atoms with Gasteiger partial charge >= 0.3 is 0 Å². The first-order chi connectivity index (χ1) is 10.3. The van der Waals surface area contributed by atoms with Crippen molar-refractivity contribution in [1.29, 1.82) is 0 Å². The monoisotopic (exact) mass is 354 g/mol. The van der Waals surface area contributed by atoms with E-state index in [2.05, 4.69) is 15.9 Å². The van der Waals surface area contributed by atoms with E-state index < -0.39 is 0 Å². The topological polar surface area (TPSA) is 27.7 Å². The Morgan fingerprint density at radius 3 is 2.38 bits per heavy atom. The standard InChI is InChI=1S/C16H16BrFO3/c1-19-14-7-2-3-8-15(14)20-9-10-21-16-12(11-17)5-4-6-13(16)18/h2-8H,9-11H2,1H3. The zero-order chi connectivity index (χ0) is 15.1. The van der Waals surface area contributed by atoms with E-state index in [9.17, 15) is 4.39 Å². The summed E-state index contributed by atoms with van der Waals surface area (Å²) in [4.78, 5) is 0. The Labute approximate surface area is 131 Å². The van der Waals surface area contributed by atoms with Crippen LogP contribution in [0.4, 0.5) is 4.39 Å². The maximum atomic E-state index is 13.7. The SMILES string of the molecule is COc1ccccc1OCCOc1c(F)cccc1CBr. The molecule has 0 aliphatic heterocycles. The first-order valence-corrected chi connectivity index (χ1v) is 7.60. The van der Waals surface area contributed by atoms with Crippen molar-refractivity contribution >= 4 is 15.9 Å². The number of alkyl halides is 1. The fourth-order valence-corrected chi connectivity index (χ4v) is 2.30. The molecule has 0 aliphatic carbocycles. The van der Waals surface area contributed by atoms with Crippen LogP contribution in [-0.4, -0.2) is 20.3 Å². The van der Waals surface area contributed by atoms with Crippen LogP contribution in [0.1, 0.15) is 5.56 Å². The number of rotatable bonds is 7. The number of methoxy groups -OCH3 is 1. The van der Waals surface area contributed by atoms with Gasteiger partial charge in [0.05, 0.1) is 7.11 Å². The minimum Gasteiger partial charge on any atom is -0.493 e. The molecule has 0 saturated heterocycles. The van der Waals surface area contributed by atoms with Crippen LogP contribution in [-0.2, 0) is 5.33 Å². The highest BCUT2D eigenvalue weighted by Crippen LogP contribution is 2.26. The quantitative estimate of drug-likeness (QED) is 0.551. The van der Waals surface area contributed by atoms with E-state index in [4.69, 9.17) is 14.2 Å². The first kappa shape index (κ1) is 15.6. The van der Waals surface area contributed by atoms with Gasteiger partial charge in [-0.25, -0.2) is 4.39 Å². The van der Waals surface area contributed by atoms with Crippen LogP contribution in [0.3, 0.4) is 0 Å². The van der Waals surface area contributed by atoms with Gasteiger partial charge in [-0.05, 0) is 18.2 Å². The second-order valence-electron chi connectivity index (χ2n) is 4.21. The summed E-state index contributed by atoms with van der Waals surface area (Å²) < 4.78 is 29.9. The van der Waals surface area contributed by atoms with Crippen LogP contribution in [0.2, 0.25) is 0 Å². The molecule has 0 atom stereocenters. The van der Waals surface area contributed by atoms with Gasteiger partial charge in [0.25, 0.3) is 0 Å². The Hall–Kier alpha value is -1.75. The predicted octanol–water partition coefficient (Wildman–Crippen LogP) is 4.19. The second kappa shape index (κ2) is 7.88. The molecule has 0 aromatic heterocycles. The van der Waals surface area contributed by atoms with Crippen molar-refractivity contribution in [2.45, 2.75) is 5.33 Å². The summed E-state index contributed by atoms with van der Waals surface area (Å²) in [6.45, 7) is 0.551. The summed E-state index contributed by atoms with van der Waals surface area (Å²) in [6, 6.07) is 12.2. The third kappa shape index (κ3) is 4.11. The van der Waals surface area contributed by atoms with Gasteiger partial charge in [0, 0.05) is 10.9 Å². The molecule has 0 unspecified atom stereocenters. The zero-order valence-corrected chi connectivity index (χ0v) is 13.2. The average Bonchev–Trinajstić information content (AvgIpc) is 2.52. The van der Waals surface area contributed by atoms with Crippen molar-refractivity contribution in [3.8, 4) is 17.2 Å². The molecule has 0 spiro atoms. The van der Waals surface area contributed by atoms with Crippen molar-refractivity contribution < 1.29 is 18.6 Å². The Kier molecular flexibility index (Phi) is 5.87. The highest BCUT2D eigenvalue weighted by atomic mass is 79.9. The van der Waals surface area contributed by atoms with Crippen molar-refractivity contribution in [1.82, 2.24) is 0 Å². The molecular weight excluding hydrogens is 339 g/mol. The molecule has 2 aromatic rings. The third-order valence-corrected chi connectivity index (χ3v) is 3.45. The van der Waals surface area contributed by atoms with Crippen molar-refractivity contribution in [3.05, 3.63) is 53.8 Å². The zero-order valence-electron chi connectivity index (χ0n) is 11.6. The maximum absolute atomic E-state index is 13.7. The lowest BCUT2D eigenvalue weighted by Gasteiger charge is -2.13. The highest BCUT2D eigenvalue weighted by molar-refractivity contribution is 9.08. The Bertz CT molecular complexity index is 589. The molecule has 0 aliphatic rings. The van der Waals surface area contributed by atoms with Gasteiger partial charge in [0.1, 0.15) is 13.2 Å². The van der Waals surface area contributed by atoms with Crippen LogP contribution in [0.15, 0.2) is 42.5 Å². The lowest BCUT2D eigenvalue weighted by Crippen LogP contribution is -2.11. The van der Waals surface area contributed by atoms with Gasteiger partial charge < -0.3 is 14.2 Å². The van der Waals surface area contributed by atoms with Gasteiger partial charge in [-0.2, -0.15) is 0 Å². The number of ether oxygens (including phenoxy) is 3. The summed E-state index contributed by atoms with van der Waals surface area (Å²) in [5.41, 5.74) is 0.771. The Balaban J connectivity index is 1.91. The fourth-order valence-electron chi connectivity index (χ4n) is 1.85. The smallest absolute Gasteiger partial charge is 0.165 e. The van der Waals surface area contributed by atoms with Gasteiger partial charge in [0.15, 0.2) is 23.1 Å². The molecule has 112 valence electrons. The molecule has 2 aromatic carbocycles. The highest BCUT2D eigenvalue weighted by Gasteiger charge is 2.09. The van der Waals surface area contributed by atoms with E-state index in [-0.39, 0.29) is 18.2 Å². The number of para-hydroxylation sites is 3. The minimum absolute atomic E-state index is 0.249. The maximum Gasteiger partial charge on any atom is 0.165 e. The number of benzene rings is 2. The van der Waals surface area contributed by atoms with Crippen molar-refractivity contribution in [2.75, 3.05) is 20.3 Å². The summed E-state index contributed by atoms with van der Waals surface area (Å²) >= 11 is 3.31. The molecule has 0 radical (unpaired) electrons. The molecule has 3 nitrogen and oxygen atoms in total. The minimum atomic E-state index is -0.371. The molecule has 21 heavy (non-hydrogen) atoms. The van der Waals surface area contributed by atoms with E-state index in [1.54, 1.807) is 13.2 Å². The van der Waals surface area contributed by atoms with Crippen LogP contribution in [0.5, 0.6) is 17.2 Å². The van der Waals surface area contributed by atoms with E-state index in [0.29, 0.717) is 23.4 Å². The number of halogens is 2. The molecule has 0 amide bonds. The van der Waals surface area contributed by atoms with Crippen LogP contribution < -0.4 is 14.2 Å². The lowest BCUT2D eigenvalue weighted by molar-refractivity contribution is 0.205. The molecule has 0 bridgehead atoms. The summed E-state index contributed by atoms with van der Waals surface area (Å²) in [5.74, 6) is 1.18. The molecule has 0 saturated carbocycles. The van der Waals surface area contributed by atoms with Crippen LogP contribution in [0, 0.1) is 5.82 Å². The van der Waals surface area contributed by atoms with Crippen LogP contribution in [0.25, 0.3) is 0 Å². The summed E-state index contributed by atoms with van der Waals surface area (Å²) in [5, 5.41) is 0.535. The summed E-state index contributed by atoms with van der Waals surface area (Å²) in [7, 11) is 1.58. The van der Waals surface area contributed by atoms with Gasteiger partial charge in [-0.15, -0.1) is 0 Å². The molecule has 0 heterocycles. The van der Waals surface area contributed by atoms with Gasteiger partial charge in [-0.1, -0.05) is 40.2 Å². The first-order valence-electron chi connectivity index (χ1n) is 6.48. The molecule has 5 heteroatoms. The fraction of sp³-hybridized carbons (Fsp3) is 0.250. The normalized spacial score (nSPS) is 10.2. The van der Waals surface area contributed by atoms with E-state index >= 15 is 0 Å². The number of hydrogen-bond acceptors (Lipinski definition) is 3. The second-order valence-corrected chi connectivity index (χ2v) is 4.77. The van der Waals surface area contributed by atoms with Gasteiger partial charge in [0.2, 0.25) is 0 Å². The van der Waals surface area contributed by atoms with E-state index in [1.165, 1.54) is 6.07 Å². The Morgan fingerprint density at radius 1 is 0.952 bits per heavy atom. The lowest BCUT2D eigenvalue weighted by atomic mass is 10.2. The third-order valence-electron chi connectivity index (χ3n) is 2.85. The molecular formula is C16H16BrFO3.